The number of hydrogen-bond acceptors (Lipinski definition) is 3. The summed E-state index contributed by atoms with van der Waals surface area (Å²) in [5.41, 5.74) is 0.399. The van der Waals surface area contributed by atoms with E-state index in [-0.39, 0.29) is 4.90 Å². The van der Waals surface area contributed by atoms with Gasteiger partial charge in [-0.2, -0.15) is 0 Å². The van der Waals surface area contributed by atoms with Crippen molar-refractivity contribution in [3.05, 3.63) is 62.0 Å². The fourth-order valence-electron chi connectivity index (χ4n) is 2.08. The first-order valence-electron chi connectivity index (χ1n) is 6.64. The molecule has 0 aliphatic carbocycles. The standard InChI is InChI=1S/C15H12Br2ClNO4S/c16-9-5-6-11(17)14(7-9)24(22,23)19-13(8-15(20)21)10-3-1-2-4-12(10)18/h1-7,13,19H,8H2,(H,20,21)/t13-/m0/s1. The van der Waals surface area contributed by atoms with Gasteiger partial charge in [0.2, 0.25) is 10.0 Å². The maximum atomic E-state index is 12.7. The van der Waals surface area contributed by atoms with Crippen LogP contribution in [0.15, 0.2) is 56.3 Å². The van der Waals surface area contributed by atoms with Crippen LogP contribution in [0.1, 0.15) is 18.0 Å². The summed E-state index contributed by atoms with van der Waals surface area (Å²) in [6, 6.07) is 10.2. The van der Waals surface area contributed by atoms with Crippen LogP contribution in [0, 0.1) is 0 Å². The molecule has 0 saturated carbocycles. The topological polar surface area (TPSA) is 83.5 Å². The van der Waals surface area contributed by atoms with Crippen molar-refractivity contribution in [1.82, 2.24) is 4.72 Å². The predicted molar refractivity (Wildman–Crippen MR) is 98.6 cm³/mol. The molecule has 0 aromatic heterocycles. The van der Waals surface area contributed by atoms with Crippen LogP contribution in [0.4, 0.5) is 0 Å². The number of aliphatic carboxylic acids is 1. The van der Waals surface area contributed by atoms with Crippen LogP contribution in [0.5, 0.6) is 0 Å². The Labute approximate surface area is 161 Å². The fourth-order valence-corrected chi connectivity index (χ4v) is 5.07. The SMILES string of the molecule is O=C(O)C[C@H](NS(=O)(=O)c1cc(Br)ccc1Br)c1ccccc1Cl. The van der Waals surface area contributed by atoms with Crippen molar-refractivity contribution in [2.45, 2.75) is 17.4 Å². The summed E-state index contributed by atoms with van der Waals surface area (Å²) in [7, 11) is -3.97. The molecule has 128 valence electrons. The van der Waals surface area contributed by atoms with Crippen LogP contribution >= 0.6 is 43.5 Å². The number of halogens is 3. The van der Waals surface area contributed by atoms with E-state index in [1.807, 2.05) is 0 Å². The molecule has 1 atom stereocenters. The average molecular weight is 498 g/mol. The van der Waals surface area contributed by atoms with Gasteiger partial charge in [-0.15, -0.1) is 0 Å². The third-order valence-electron chi connectivity index (χ3n) is 3.14. The number of carbonyl (C=O) groups is 1. The van der Waals surface area contributed by atoms with Crippen LogP contribution in [-0.2, 0) is 14.8 Å². The van der Waals surface area contributed by atoms with Gasteiger partial charge in [-0.3, -0.25) is 4.79 Å². The number of nitrogens with one attached hydrogen (secondary N) is 1. The molecular weight excluding hydrogens is 485 g/mol. The lowest BCUT2D eigenvalue weighted by Gasteiger charge is -2.19. The van der Waals surface area contributed by atoms with Gasteiger partial charge in [0, 0.05) is 14.0 Å². The number of rotatable bonds is 6. The second kappa shape index (κ2) is 7.97. The smallest absolute Gasteiger partial charge is 0.305 e. The highest BCUT2D eigenvalue weighted by Crippen LogP contribution is 2.30. The van der Waals surface area contributed by atoms with Crippen molar-refractivity contribution in [3.63, 3.8) is 0 Å². The minimum atomic E-state index is -3.97. The Bertz CT molecular complexity index is 874. The second-order valence-corrected chi connectivity index (χ2v) is 8.73. The molecule has 5 nitrogen and oxygen atoms in total. The van der Waals surface area contributed by atoms with Crippen LogP contribution in [0.25, 0.3) is 0 Å². The van der Waals surface area contributed by atoms with Crippen molar-refractivity contribution in [3.8, 4) is 0 Å². The quantitative estimate of drug-likeness (QED) is 0.621. The number of benzene rings is 2. The molecule has 0 aliphatic rings. The number of hydrogen-bond donors (Lipinski definition) is 2. The van der Waals surface area contributed by atoms with Crippen molar-refractivity contribution < 1.29 is 18.3 Å². The largest absolute Gasteiger partial charge is 0.481 e. The Morgan fingerprint density at radius 2 is 1.88 bits per heavy atom. The zero-order chi connectivity index (χ0) is 17.9. The molecule has 0 bridgehead atoms. The molecular formula is C15H12Br2ClNO4S. The monoisotopic (exact) mass is 495 g/mol. The third kappa shape index (κ3) is 4.80. The molecule has 0 spiro atoms. The molecule has 2 rings (SSSR count). The summed E-state index contributed by atoms with van der Waals surface area (Å²) in [4.78, 5) is 11.1. The van der Waals surface area contributed by atoms with Crippen LogP contribution < -0.4 is 4.72 Å². The molecule has 0 saturated heterocycles. The first-order chi connectivity index (χ1) is 11.2. The average Bonchev–Trinajstić information content (AvgIpc) is 2.48. The highest BCUT2D eigenvalue weighted by atomic mass is 79.9. The van der Waals surface area contributed by atoms with E-state index >= 15 is 0 Å². The Morgan fingerprint density at radius 1 is 1.21 bits per heavy atom. The molecule has 9 heteroatoms. The van der Waals surface area contributed by atoms with Crippen LogP contribution in [-0.4, -0.2) is 19.5 Å². The fraction of sp³-hybridized carbons (Fsp3) is 0.133. The highest BCUT2D eigenvalue weighted by Gasteiger charge is 2.26. The summed E-state index contributed by atoms with van der Waals surface area (Å²) >= 11 is 12.5. The van der Waals surface area contributed by atoms with E-state index in [0.29, 0.717) is 19.5 Å². The van der Waals surface area contributed by atoms with E-state index in [1.165, 1.54) is 6.07 Å². The van der Waals surface area contributed by atoms with Gasteiger partial charge < -0.3 is 5.11 Å². The lowest BCUT2D eigenvalue weighted by Crippen LogP contribution is -2.30. The molecule has 0 heterocycles. The zero-order valence-corrected chi connectivity index (χ0v) is 16.8. The summed E-state index contributed by atoms with van der Waals surface area (Å²) < 4.78 is 28.7. The second-order valence-electron chi connectivity index (χ2n) is 4.87. The van der Waals surface area contributed by atoms with E-state index in [2.05, 4.69) is 36.6 Å². The number of carboxylic acids is 1. The van der Waals surface area contributed by atoms with E-state index in [4.69, 9.17) is 16.7 Å². The van der Waals surface area contributed by atoms with Gasteiger partial charge in [0.1, 0.15) is 0 Å². The Balaban J connectivity index is 2.44. The molecule has 0 aliphatic heterocycles. The molecule has 0 unspecified atom stereocenters. The molecule has 0 radical (unpaired) electrons. The summed E-state index contributed by atoms with van der Waals surface area (Å²) in [5.74, 6) is -1.14. The first kappa shape index (κ1) is 19.4. The molecule has 0 amide bonds. The van der Waals surface area contributed by atoms with Crippen LogP contribution in [0.2, 0.25) is 5.02 Å². The molecule has 2 aromatic rings. The Morgan fingerprint density at radius 3 is 2.50 bits per heavy atom. The van der Waals surface area contributed by atoms with Gasteiger partial charge in [0.25, 0.3) is 0 Å². The third-order valence-corrected chi connectivity index (χ3v) is 6.44. The van der Waals surface area contributed by atoms with Crippen molar-refractivity contribution in [1.29, 1.82) is 0 Å². The Kier molecular flexibility index (Phi) is 6.44. The van der Waals surface area contributed by atoms with E-state index < -0.39 is 28.5 Å². The zero-order valence-electron chi connectivity index (χ0n) is 12.0. The number of sulfonamides is 1. The molecule has 24 heavy (non-hydrogen) atoms. The Hall–Kier alpha value is -0.930. The lowest BCUT2D eigenvalue weighted by molar-refractivity contribution is -0.137. The summed E-state index contributed by atoms with van der Waals surface area (Å²) in [6.07, 6.45) is -0.436. The van der Waals surface area contributed by atoms with E-state index in [9.17, 15) is 13.2 Å². The normalized spacial score (nSPS) is 12.8. The first-order valence-corrected chi connectivity index (χ1v) is 10.1. The van der Waals surface area contributed by atoms with Gasteiger partial charge >= 0.3 is 5.97 Å². The van der Waals surface area contributed by atoms with Gasteiger partial charge in [-0.25, -0.2) is 13.1 Å². The maximum Gasteiger partial charge on any atom is 0.305 e. The summed E-state index contributed by atoms with van der Waals surface area (Å²) in [5, 5.41) is 9.40. The highest BCUT2D eigenvalue weighted by molar-refractivity contribution is 9.11. The van der Waals surface area contributed by atoms with Gasteiger partial charge in [-0.05, 0) is 45.8 Å². The van der Waals surface area contributed by atoms with Crippen molar-refractivity contribution in [2.24, 2.45) is 0 Å². The van der Waals surface area contributed by atoms with Crippen LogP contribution in [0.3, 0.4) is 0 Å². The van der Waals surface area contributed by atoms with Gasteiger partial charge in [0.05, 0.1) is 17.4 Å². The predicted octanol–water partition coefficient (Wildman–Crippen LogP) is 4.36. The van der Waals surface area contributed by atoms with Crippen molar-refractivity contribution in [2.75, 3.05) is 0 Å². The molecule has 2 N–H and O–H groups in total. The summed E-state index contributed by atoms with van der Waals surface area (Å²) in [6.45, 7) is 0. The minimum absolute atomic E-state index is 0.000632. The number of carboxylic acid groups (broad SMARTS) is 1. The lowest BCUT2D eigenvalue weighted by atomic mass is 10.1. The van der Waals surface area contributed by atoms with Gasteiger partial charge in [0.15, 0.2) is 0 Å². The maximum absolute atomic E-state index is 12.7. The van der Waals surface area contributed by atoms with E-state index in [1.54, 1.807) is 36.4 Å². The minimum Gasteiger partial charge on any atom is -0.481 e. The van der Waals surface area contributed by atoms with E-state index in [0.717, 1.165) is 0 Å². The van der Waals surface area contributed by atoms with Gasteiger partial charge in [-0.1, -0.05) is 45.7 Å². The van der Waals surface area contributed by atoms with Crippen molar-refractivity contribution >= 4 is 59.5 Å². The molecule has 0 fully saturated rings. The molecule has 2 aromatic carbocycles.